The first kappa shape index (κ1) is 13.7. The zero-order chi connectivity index (χ0) is 12.5. The van der Waals surface area contributed by atoms with Crippen LogP contribution >= 0.6 is 0 Å². The van der Waals surface area contributed by atoms with Gasteiger partial charge in [-0.2, -0.15) is 0 Å². The molecule has 1 amide bonds. The highest BCUT2D eigenvalue weighted by molar-refractivity contribution is 5.75. The highest BCUT2D eigenvalue weighted by Crippen LogP contribution is 2.10. The Kier molecular flexibility index (Phi) is 6.33. The predicted molar refractivity (Wildman–Crippen MR) is 68.6 cm³/mol. The highest BCUT2D eigenvalue weighted by Gasteiger charge is 2.08. The van der Waals surface area contributed by atoms with Gasteiger partial charge >= 0.3 is 0 Å². The monoisotopic (exact) mass is 235 g/mol. The molecule has 3 heteroatoms. The molecular formula is C14H21NO2. The molecule has 17 heavy (non-hydrogen) atoms. The third kappa shape index (κ3) is 5.50. The van der Waals surface area contributed by atoms with Crippen molar-refractivity contribution in [2.75, 3.05) is 6.54 Å². The van der Waals surface area contributed by atoms with Gasteiger partial charge in [0.2, 0.25) is 5.91 Å². The molecule has 0 aliphatic rings. The van der Waals surface area contributed by atoms with E-state index in [0.717, 1.165) is 24.8 Å². The second-order valence-corrected chi connectivity index (χ2v) is 4.19. The van der Waals surface area contributed by atoms with Crippen molar-refractivity contribution >= 4 is 5.91 Å². The number of hydrogen-bond donors (Lipinski definition) is 2. The number of aliphatic hydroxyl groups excluding tert-OH is 1. The highest BCUT2D eigenvalue weighted by atomic mass is 16.3. The minimum Gasteiger partial charge on any atom is -0.387 e. The first-order valence-electron chi connectivity index (χ1n) is 6.23. The van der Waals surface area contributed by atoms with E-state index in [1.165, 1.54) is 0 Å². The van der Waals surface area contributed by atoms with Crippen LogP contribution < -0.4 is 5.32 Å². The fraction of sp³-hybridized carbons (Fsp3) is 0.500. The van der Waals surface area contributed by atoms with Crippen molar-refractivity contribution in [3.05, 3.63) is 35.9 Å². The van der Waals surface area contributed by atoms with Gasteiger partial charge in [-0.15, -0.1) is 0 Å². The van der Waals surface area contributed by atoms with E-state index in [9.17, 15) is 9.90 Å². The van der Waals surface area contributed by atoms with Gasteiger partial charge in [0, 0.05) is 13.0 Å². The van der Waals surface area contributed by atoms with Crippen molar-refractivity contribution in [3.63, 3.8) is 0 Å². The number of hydrogen-bond acceptors (Lipinski definition) is 2. The lowest BCUT2D eigenvalue weighted by Gasteiger charge is -2.12. The van der Waals surface area contributed by atoms with E-state index in [2.05, 4.69) is 12.2 Å². The Labute approximate surface area is 103 Å². The van der Waals surface area contributed by atoms with E-state index in [0.29, 0.717) is 6.42 Å². The van der Waals surface area contributed by atoms with Crippen LogP contribution in [-0.4, -0.2) is 17.6 Å². The van der Waals surface area contributed by atoms with Crippen LogP contribution in [0.3, 0.4) is 0 Å². The molecule has 1 rings (SSSR count). The van der Waals surface area contributed by atoms with Crippen LogP contribution in [0.1, 0.15) is 44.3 Å². The Bertz CT molecular complexity index is 324. The fourth-order valence-corrected chi connectivity index (χ4v) is 1.63. The number of rotatable bonds is 7. The number of benzene rings is 1. The van der Waals surface area contributed by atoms with Gasteiger partial charge in [-0.05, 0) is 12.0 Å². The summed E-state index contributed by atoms with van der Waals surface area (Å²) >= 11 is 0. The second kappa shape index (κ2) is 7.85. The summed E-state index contributed by atoms with van der Waals surface area (Å²) in [5.74, 6) is 0.0217. The molecule has 0 saturated carbocycles. The summed E-state index contributed by atoms with van der Waals surface area (Å²) in [4.78, 5) is 11.4. The molecule has 1 atom stereocenters. The Morgan fingerprint density at radius 2 is 2.00 bits per heavy atom. The van der Waals surface area contributed by atoms with Crippen LogP contribution in [0, 0.1) is 0 Å². The van der Waals surface area contributed by atoms with Gasteiger partial charge in [0.1, 0.15) is 0 Å². The molecular weight excluding hydrogens is 214 g/mol. The molecule has 0 bridgehead atoms. The van der Waals surface area contributed by atoms with Gasteiger partial charge < -0.3 is 10.4 Å². The maximum Gasteiger partial charge on any atom is 0.220 e. The molecule has 2 N–H and O–H groups in total. The third-order valence-electron chi connectivity index (χ3n) is 2.68. The molecule has 0 spiro atoms. The standard InChI is InChI=1S/C14H21NO2/c1-2-3-5-10-14(17)15-11-13(16)12-8-6-4-7-9-12/h4,6-9,13,16H,2-3,5,10-11H2,1H3,(H,15,17). The molecule has 0 aliphatic carbocycles. The van der Waals surface area contributed by atoms with E-state index in [1.807, 2.05) is 30.3 Å². The van der Waals surface area contributed by atoms with Crippen LogP contribution in [0.25, 0.3) is 0 Å². The first-order valence-corrected chi connectivity index (χ1v) is 6.23. The minimum atomic E-state index is -0.619. The summed E-state index contributed by atoms with van der Waals surface area (Å²) < 4.78 is 0. The largest absolute Gasteiger partial charge is 0.387 e. The van der Waals surface area contributed by atoms with Gasteiger partial charge in [-0.1, -0.05) is 50.1 Å². The van der Waals surface area contributed by atoms with E-state index in [-0.39, 0.29) is 12.5 Å². The van der Waals surface area contributed by atoms with E-state index in [4.69, 9.17) is 0 Å². The van der Waals surface area contributed by atoms with Crippen LogP contribution in [-0.2, 0) is 4.79 Å². The minimum absolute atomic E-state index is 0.0217. The summed E-state index contributed by atoms with van der Waals surface area (Å²) in [5, 5.41) is 12.6. The number of aliphatic hydroxyl groups is 1. The third-order valence-corrected chi connectivity index (χ3v) is 2.68. The maximum atomic E-state index is 11.4. The zero-order valence-electron chi connectivity index (χ0n) is 10.4. The Morgan fingerprint density at radius 3 is 2.65 bits per heavy atom. The average molecular weight is 235 g/mol. The molecule has 0 heterocycles. The topological polar surface area (TPSA) is 49.3 Å². The number of amides is 1. The number of unbranched alkanes of at least 4 members (excludes halogenated alkanes) is 2. The van der Waals surface area contributed by atoms with Gasteiger partial charge in [0.05, 0.1) is 6.10 Å². The summed E-state index contributed by atoms with van der Waals surface area (Å²) in [6, 6.07) is 9.37. The molecule has 0 saturated heterocycles. The van der Waals surface area contributed by atoms with Crippen LogP contribution in [0.4, 0.5) is 0 Å². The number of carbonyl (C=O) groups is 1. The summed E-state index contributed by atoms with van der Waals surface area (Å²) in [6.45, 7) is 2.39. The van der Waals surface area contributed by atoms with Gasteiger partial charge in [0.25, 0.3) is 0 Å². The van der Waals surface area contributed by atoms with Gasteiger partial charge in [0.15, 0.2) is 0 Å². The van der Waals surface area contributed by atoms with Crippen molar-refractivity contribution in [1.29, 1.82) is 0 Å². The average Bonchev–Trinajstić information content (AvgIpc) is 2.37. The summed E-state index contributed by atoms with van der Waals surface area (Å²) in [7, 11) is 0. The smallest absolute Gasteiger partial charge is 0.220 e. The lowest BCUT2D eigenvalue weighted by Crippen LogP contribution is -2.28. The fourth-order valence-electron chi connectivity index (χ4n) is 1.63. The molecule has 94 valence electrons. The SMILES string of the molecule is CCCCCC(=O)NCC(O)c1ccccc1. The van der Waals surface area contributed by atoms with Crippen molar-refractivity contribution in [2.45, 2.75) is 38.7 Å². The summed E-state index contributed by atoms with van der Waals surface area (Å²) in [5.41, 5.74) is 0.835. The molecule has 1 aromatic rings. The van der Waals surface area contributed by atoms with Gasteiger partial charge in [-0.25, -0.2) is 0 Å². The molecule has 0 fully saturated rings. The van der Waals surface area contributed by atoms with Crippen molar-refractivity contribution < 1.29 is 9.90 Å². The van der Waals surface area contributed by atoms with E-state index in [1.54, 1.807) is 0 Å². The van der Waals surface area contributed by atoms with Crippen LogP contribution in [0.2, 0.25) is 0 Å². The normalized spacial score (nSPS) is 12.1. The molecule has 1 aromatic carbocycles. The number of nitrogens with one attached hydrogen (secondary N) is 1. The second-order valence-electron chi connectivity index (χ2n) is 4.19. The van der Waals surface area contributed by atoms with Gasteiger partial charge in [-0.3, -0.25) is 4.79 Å². The van der Waals surface area contributed by atoms with Crippen molar-refractivity contribution in [2.24, 2.45) is 0 Å². The van der Waals surface area contributed by atoms with Crippen molar-refractivity contribution in [1.82, 2.24) is 5.32 Å². The maximum absolute atomic E-state index is 11.4. The Hall–Kier alpha value is -1.35. The lowest BCUT2D eigenvalue weighted by atomic mass is 10.1. The van der Waals surface area contributed by atoms with Crippen molar-refractivity contribution in [3.8, 4) is 0 Å². The molecule has 0 aliphatic heterocycles. The summed E-state index contributed by atoms with van der Waals surface area (Å²) in [6.07, 6.45) is 3.04. The quantitative estimate of drug-likeness (QED) is 0.713. The predicted octanol–water partition coefficient (Wildman–Crippen LogP) is 2.42. The van der Waals surface area contributed by atoms with E-state index >= 15 is 0 Å². The Morgan fingerprint density at radius 1 is 1.29 bits per heavy atom. The molecule has 1 unspecified atom stereocenters. The lowest BCUT2D eigenvalue weighted by molar-refractivity contribution is -0.121. The van der Waals surface area contributed by atoms with E-state index < -0.39 is 6.10 Å². The number of carbonyl (C=O) groups excluding carboxylic acids is 1. The first-order chi connectivity index (χ1) is 8.24. The Balaban J connectivity index is 2.24. The molecule has 0 aromatic heterocycles. The molecule has 0 radical (unpaired) electrons. The van der Waals surface area contributed by atoms with Crippen LogP contribution in [0.15, 0.2) is 30.3 Å². The van der Waals surface area contributed by atoms with Crippen LogP contribution in [0.5, 0.6) is 0 Å². The molecule has 3 nitrogen and oxygen atoms in total. The zero-order valence-corrected chi connectivity index (χ0v) is 10.4.